The summed E-state index contributed by atoms with van der Waals surface area (Å²) in [6, 6.07) is 2.02. The first-order chi connectivity index (χ1) is 17.0. The molecule has 2 aliphatic rings. The van der Waals surface area contributed by atoms with E-state index in [-0.39, 0.29) is 23.9 Å². The van der Waals surface area contributed by atoms with Crippen molar-refractivity contribution in [3.8, 4) is 0 Å². The summed E-state index contributed by atoms with van der Waals surface area (Å²) in [6.45, 7) is 6.15. The molecule has 1 aliphatic carbocycles. The molecule has 2 N–H and O–H groups in total. The molecule has 1 aliphatic heterocycles. The van der Waals surface area contributed by atoms with Crippen molar-refractivity contribution >= 4 is 23.4 Å². The summed E-state index contributed by atoms with van der Waals surface area (Å²) in [4.78, 5) is 27.3. The van der Waals surface area contributed by atoms with E-state index in [1.165, 1.54) is 12.3 Å². The van der Waals surface area contributed by atoms with E-state index in [1.54, 1.807) is 4.68 Å². The van der Waals surface area contributed by atoms with Crippen LogP contribution < -0.4 is 15.5 Å². The quantitative estimate of drug-likeness (QED) is 0.547. The van der Waals surface area contributed by atoms with Gasteiger partial charge in [-0.2, -0.15) is 23.3 Å². The smallest absolute Gasteiger partial charge is 0.347 e. The maximum atomic E-state index is 12.8. The molecule has 0 radical (unpaired) electrons. The molecule has 12 heteroatoms. The molecule has 0 saturated heterocycles. The molecule has 0 aromatic carbocycles. The number of likely N-dealkylation sites (N-methyl/N-ethyl adjacent to an activating group) is 1. The molecule has 0 bridgehead atoms. The number of nitrogens with one attached hydrogen (secondary N) is 2. The van der Waals surface area contributed by atoms with Crippen molar-refractivity contribution < 1.29 is 18.0 Å². The molecule has 190 valence electrons. The molecule has 2 atom stereocenters. The third kappa shape index (κ3) is 4.35. The van der Waals surface area contributed by atoms with Crippen LogP contribution in [0.25, 0.3) is 0 Å². The predicted octanol–water partition coefficient (Wildman–Crippen LogP) is 3.96. The van der Waals surface area contributed by atoms with Gasteiger partial charge in [0.05, 0.1) is 24.0 Å². The number of amides is 1. The number of carbonyl (C=O) groups is 1. The number of nitrogens with zero attached hydrogens (tertiary/aromatic N) is 6. The number of alkyl halides is 3. The fourth-order valence-electron chi connectivity index (χ4n) is 4.94. The van der Waals surface area contributed by atoms with E-state index >= 15 is 0 Å². The Labute approximate surface area is 206 Å². The Hall–Kier alpha value is -3.70. The van der Waals surface area contributed by atoms with Gasteiger partial charge in [0.2, 0.25) is 11.9 Å². The monoisotopic (exact) mass is 500 g/mol. The number of fused-ring (bicyclic) bond motifs is 2. The van der Waals surface area contributed by atoms with Crippen LogP contribution in [0.5, 0.6) is 0 Å². The number of carbonyl (C=O) groups excluding carboxylic acids is 1. The van der Waals surface area contributed by atoms with E-state index in [0.29, 0.717) is 35.3 Å². The average Bonchev–Trinajstić information content (AvgIpc) is 3.35. The molecular formula is C24H27F3N8O. The summed E-state index contributed by atoms with van der Waals surface area (Å²) in [5, 5.41) is 11.0. The van der Waals surface area contributed by atoms with Crippen molar-refractivity contribution in [2.75, 3.05) is 22.6 Å². The van der Waals surface area contributed by atoms with Crippen LogP contribution in [-0.4, -0.2) is 43.7 Å². The number of aromatic nitrogens is 5. The highest BCUT2D eigenvalue weighted by atomic mass is 19.4. The molecule has 3 aromatic heterocycles. The summed E-state index contributed by atoms with van der Waals surface area (Å²) in [5.74, 6) is 1.18. The predicted molar refractivity (Wildman–Crippen MR) is 128 cm³/mol. The van der Waals surface area contributed by atoms with E-state index in [9.17, 15) is 18.0 Å². The van der Waals surface area contributed by atoms with Gasteiger partial charge >= 0.3 is 6.18 Å². The van der Waals surface area contributed by atoms with E-state index in [1.807, 2.05) is 38.9 Å². The lowest BCUT2D eigenvalue weighted by Gasteiger charge is -2.37. The highest BCUT2D eigenvalue weighted by molar-refractivity contribution is 6.03. The minimum Gasteiger partial charge on any atom is -0.347 e. The van der Waals surface area contributed by atoms with Crippen molar-refractivity contribution in [2.24, 2.45) is 5.92 Å². The van der Waals surface area contributed by atoms with Gasteiger partial charge in [0.25, 0.3) is 0 Å². The van der Waals surface area contributed by atoms with Crippen LogP contribution in [0.2, 0.25) is 0 Å². The van der Waals surface area contributed by atoms with Gasteiger partial charge in [-0.15, -0.1) is 0 Å². The third-order valence-electron chi connectivity index (χ3n) is 6.65. The molecule has 0 spiro atoms. The Morgan fingerprint density at radius 1 is 1.25 bits per heavy atom. The molecule has 0 fully saturated rings. The van der Waals surface area contributed by atoms with Crippen molar-refractivity contribution in [1.82, 2.24) is 24.7 Å². The van der Waals surface area contributed by atoms with Crippen molar-refractivity contribution in [1.29, 1.82) is 0 Å². The first-order valence-corrected chi connectivity index (χ1v) is 11.8. The third-order valence-corrected chi connectivity index (χ3v) is 6.65. The van der Waals surface area contributed by atoms with Gasteiger partial charge in [-0.05, 0) is 37.3 Å². The summed E-state index contributed by atoms with van der Waals surface area (Å²) in [7, 11) is 1.87. The molecule has 36 heavy (non-hydrogen) atoms. The second kappa shape index (κ2) is 8.75. The number of aryl methyl sites for hydroxylation is 2. The SMILES string of the molecule is Cc1nc(N[C@H]2CCc3nn(Cc4ccc(C(F)(F)F)nc4)cc32)nc2c1NC(=O)[C@H](C(C)C)N2C. The van der Waals surface area contributed by atoms with E-state index in [0.717, 1.165) is 30.2 Å². The van der Waals surface area contributed by atoms with Gasteiger partial charge in [-0.25, -0.2) is 4.98 Å². The number of pyridine rings is 1. The molecular weight excluding hydrogens is 473 g/mol. The number of hydrogen-bond donors (Lipinski definition) is 2. The lowest BCUT2D eigenvalue weighted by Crippen LogP contribution is -2.49. The minimum atomic E-state index is -4.46. The van der Waals surface area contributed by atoms with Crippen LogP contribution in [0.1, 0.15) is 54.5 Å². The summed E-state index contributed by atoms with van der Waals surface area (Å²) >= 11 is 0. The normalized spacial score (nSPS) is 19.3. The minimum absolute atomic E-state index is 0.0543. The Morgan fingerprint density at radius 3 is 2.69 bits per heavy atom. The van der Waals surface area contributed by atoms with Crippen LogP contribution in [0.4, 0.5) is 30.6 Å². The number of rotatable bonds is 5. The molecule has 3 aromatic rings. The highest BCUT2D eigenvalue weighted by Gasteiger charge is 2.36. The van der Waals surface area contributed by atoms with Gasteiger partial charge in [0.15, 0.2) is 5.82 Å². The summed E-state index contributed by atoms with van der Waals surface area (Å²) < 4.78 is 40.0. The number of halogens is 3. The van der Waals surface area contributed by atoms with E-state index in [2.05, 4.69) is 25.7 Å². The van der Waals surface area contributed by atoms with E-state index in [4.69, 9.17) is 4.98 Å². The molecule has 0 unspecified atom stereocenters. The zero-order valence-electron chi connectivity index (χ0n) is 20.4. The van der Waals surface area contributed by atoms with Gasteiger partial charge in [-0.3, -0.25) is 14.5 Å². The summed E-state index contributed by atoms with van der Waals surface area (Å²) in [5.41, 5.74) is 2.96. The van der Waals surface area contributed by atoms with Crippen molar-refractivity contribution in [3.63, 3.8) is 0 Å². The van der Waals surface area contributed by atoms with Crippen molar-refractivity contribution in [3.05, 3.63) is 52.7 Å². The molecule has 5 rings (SSSR count). The van der Waals surface area contributed by atoms with Crippen LogP contribution in [0.3, 0.4) is 0 Å². The van der Waals surface area contributed by atoms with Gasteiger partial charge < -0.3 is 15.5 Å². The average molecular weight is 501 g/mol. The Kier molecular flexibility index (Phi) is 5.84. The zero-order valence-corrected chi connectivity index (χ0v) is 20.4. The van der Waals surface area contributed by atoms with Gasteiger partial charge in [0, 0.05) is 25.0 Å². The van der Waals surface area contributed by atoms with E-state index < -0.39 is 11.9 Å². The molecule has 4 heterocycles. The number of anilines is 3. The maximum Gasteiger partial charge on any atom is 0.433 e. The Balaban J connectivity index is 1.34. The summed E-state index contributed by atoms with van der Waals surface area (Å²) in [6.07, 6.45) is 0.262. The largest absolute Gasteiger partial charge is 0.433 e. The topological polar surface area (TPSA) is 101 Å². The first-order valence-electron chi connectivity index (χ1n) is 11.8. The standard InChI is InChI=1S/C24H27F3N8O/c1-12(2)20-22(36)31-19-13(3)29-23(32-21(19)34(20)4)30-16-6-7-17-15(16)11-35(33-17)10-14-5-8-18(28-9-14)24(25,26)27/h5,8-9,11-12,16,20H,6-7,10H2,1-4H3,(H,31,36)(H,29,30,32)/t16-,20-/m0/s1. The van der Waals surface area contributed by atoms with Crippen molar-refractivity contribution in [2.45, 2.75) is 58.4 Å². The van der Waals surface area contributed by atoms with Crippen LogP contribution in [-0.2, 0) is 23.9 Å². The molecule has 9 nitrogen and oxygen atoms in total. The Bertz CT molecular complexity index is 1300. The molecule has 1 amide bonds. The molecule has 0 saturated carbocycles. The lowest BCUT2D eigenvalue weighted by molar-refractivity contribution is -0.141. The van der Waals surface area contributed by atoms with Crippen LogP contribution >= 0.6 is 0 Å². The first kappa shape index (κ1) is 24.0. The van der Waals surface area contributed by atoms with Crippen LogP contribution in [0, 0.1) is 12.8 Å². The fraction of sp³-hybridized carbons (Fsp3) is 0.458. The second-order valence-corrected chi connectivity index (χ2v) is 9.63. The van der Waals surface area contributed by atoms with Gasteiger partial charge in [-0.1, -0.05) is 19.9 Å². The fourth-order valence-corrected chi connectivity index (χ4v) is 4.94. The van der Waals surface area contributed by atoms with Gasteiger partial charge in [0.1, 0.15) is 17.4 Å². The lowest BCUT2D eigenvalue weighted by atomic mass is 9.99. The van der Waals surface area contributed by atoms with Crippen LogP contribution in [0.15, 0.2) is 24.5 Å². The Morgan fingerprint density at radius 2 is 2.03 bits per heavy atom. The second-order valence-electron chi connectivity index (χ2n) is 9.63. The number of hydrogen-bond acceptors (Lipinski definition) is 7. The zero-order chi connectivity index (χ0) is 25.8. The maximum absolute atomic E-state index is 12.8. The highest BCUT2D eigenvalue weighted by Crippen LogP contribution is 2.37.